The highest BCUT2D eigenvalue weighted by molar-refractivity contribution is 6.31. The number of rotatable bonds is 5. The highest BCUT2D eigenvalue weighted by Gasteiger charge is 2.47. The molecule has 6 nitrogen and oxygen atoms in total. The first-order valence-electron chi connectivity index (χ1n) is 9.32. The molecule has 2 aromatic rings. The van der Waals surface area contributed by atoms with Crippen LogP contribution in [0, 0.1) is 18.8 Å². The van der Waals surface area contributed by atoms with Crippen LogP contribution in [0.25, 0.3) is 0 Å². The molecule has 0 radical (unpaired) electrons. The van der Waals surface area contributed by atoms with E-state index in [1.165, 1.54) is 6.26 Å². The van der Waals surface area contributed by atoms with Crippen molar-refractivity contribution in [2.45, 2.75) is 51.1 Å². The Morgan fingerprint density at radius 1 is 1.33 bits per heavy atom. The van der Waals surface area contributed by atoms with Gasteiger partial charge in [0.05, 0.1) is 25.4 Å². The van der Waals surface area contributed by atoms with E-state index in [0.717, 1.165) is 24.2 Å². The van der Waals surface area contributed by atoms with E-state index in [1.54, 1.807) is 0 Å². The van der Waals surface area contributed by atoms with E-state index in [2.05, 4.69) is 4.98 Å². The van der Waals surface area contributed by atoms with E-state index >= 15 is 0 Å². The summed E-state index contributed by atoms with van der Waals surface area (Å²) in [5.41, 5.74) is 1.47. The Morgan fingerprint density at radius 2 is 2.19 bits per heavy atom. The molecule has 1 aromatic carbocycles. The number of nitrogens with zero attached hydrogens (tertiary/aromatic N) is 1. The van der Waals surface area contributed by atoms with Crippen LogP contribution in [-0.4, -0.2) is 34.0 Å². The Hall–Kier alpha value is -1.60. The Morgan fingerprint density at radius 3 is 2.93 bits per heavy atom. The number of hydrogen-bond acceptors (Lipinski definition) is 6. The predicted octanol–water partition coefficient (Wildman–Crippen LogP) is 3.42. The molecule has 2 heterocycles. The Balaban J connectivity index is 1.38. The van der Waals surface area contributed by atoms with Gasteiger partial charge >= 0.3 is 0 Å². The number of aliphatic hydroxyl groups is 2. The van der Waals surface area contributed by atoms with E-state index in [4.69, 9.17) is 30.6 Å². The van der Waals surface area contributed by atoms with Crippen LogP contribution in [0.5, 0.6) is 5.75 Å². The van der Waals surface area contributed by atoms with E-state index < -0.39 is 6.10 Å². The average Bonchev–Trinajstić information content (AvgIpc) is 3.26. The standard InChI is InChI=1S/C20H24ClNO5/c1-11-6-13(2-4-16(11)21)25-10-15-14-3-5-18(27-19(14)7-17(15)24)20-22-12(8-23)9-26-20/h2,4,6,9,14-15,17-19,23-24H,3,5,7-8,10H2,1H3/t14-,15-,17-,18-,19+/m1/s1. The molecule has 1 aliphatic carbocycles. The second-order valence-corrected chi connectivity index (χ2v) is 7.84. The summed E-state index contributed by atoms with van der Waals surface area (Å²) in [5.74, 6) is 1.54. The van der Waals surface area contributed by atoms with Crippen molar-refractivity contribution in [1.29, 1.82) is 0 Å². The fourth-order valence-electron chi connectivity index (χ4n) is 4.19. The van der Waals surface area contributed by atoms with Crippen LogP contribution in [0.1, 0.15) is 42.5 Å². The van der Waals surface area contributed by atoms with E-state index in [0.29, 0.717) is 29.6 Å². The van der Waals surface area contributed by atoms with Crippen LogP contribution < -0.4 is 4.74 Å². The maximum atomic E-state index is 10.5. The molecular formula is C20H24ClNO5. The van der Waals surface area contributed by atoms with Crippen LogP contribution in [0.2, 0.25) is 5.02 Å². The van der Waals surface area contributed by atoms with Gasteiger partial charge in [0.15, 0.2) is 0 Å². The molecule has 1 aromatic heterocycles. The quantitative estimate of drug-likeness (QED) is 0.809. The SMILES string of the molecule is Cc1cc(OC[C@@H]2[C@H]3CC[C@H](c4nc(CO)co4)O[C@H]3C[C@H]2O)ccc1Cl. The summed E-state index contributed by atoms with van der Waals surface area (Å²) in [6.45, 7) is 2.24. The lowest BCUT2D eigenvalue weighted by atomic mass is 9.87. The van der Waals surface area contributed by atoms with Crippen molar-refractivity contribution < 1.29 is 24.1 Å². The molecule has 27 heavy (non-hydrogen) atoms. The zero-order chi connectivity index (χ0) is 19.0. The first-order chi connectivity index (χ1) is 13.0. The molecule has 2 fully saturated rings. The lowest BCUT2D eigenvalue weighted by Gasteiger charge is -2.33. The van der Waals surface area contributed by atoms with Gasteiger partial charge in [-0.1, -0.05) is 11.6 Å². The number of aryl methyl sites for hydroxylation is 1. The van der Waals surface area contributed by atoms with Crippen LogP contribution >= 0.6 is 11.6 Å². The minimum absolute atomic E-state index is 0.0319. The molecule has 1 aliphatic heterocycles. The number of aromatic nitrogens is 1. The third kappa shape index (κ3) is 3.85. The van der Waals surface area contributed by atoms with Gasteiger partial charge in [-0.3, -0.25) is 0 Å². The van der Waals surface area contributed by atoms with Crippen molar-refractivity contribution in [1.82, 2.24) is 4.98 Å². The third-order valence-corrected chi connectivity index (χ3v) is 6.10. The van der Waals surface area contributed by atoms with Crippen molar-refractivity contribution in [3.05, 3.63) is 46.6 Å². The molecule has 2 aliphatic rings. The van der Waals surface area contributed by atoms with E-state index in [9.17, 15) is 5.11 Å². The average molecular weight is 394 g/mol. The highest BCUT2D eigenvalue weighted by atomic mass is 35.5. The highest BCUT2D eigenvalue weighted by Crippen LogP contribution is 2.45. The van der Waals surface area contributed by atoms with Crippen molar-refractivity contribution >= 4 is 11.6 Å². The Kier molecular flexibility index (Phi) is 5.41. The fraction of sp³-hybridized carbons (Fsp3) is 0.550. The van der Waals surface area contributed by atoms with Crippen LogP contribution in [0.15, 0.2) is 28.9 Å². The lowest BCUT2D eigenvalue weighted by molar-refractivity contribution is -0.0911. The minimum Gasteiger partial charge on any atom is -0.493 e. The number of ether oxygens (including phenoxy) is 2. The van der Waals surface area contributed by atoms with Gasteiger partial charge in [-0.05, 0) is 49.4 Å². The van der Waals surface area contributed by atoms with Crippen molar-refractivity contribution in [2.75, 3.05) is 6.61 Å². The maximum Gasteiger partial charge on any atom is 0.223 e. The molecule has 0 spiro atoms. The summed E-state index contributed by atoms with van der Waals surface area (Å²) in [5, 5.41) is 20.4. The summed E-state index contributed by atoms with van der Waals surface area (Å²) >= 11 is 6.06. The van der Waals surface area contributed by atoms with Crippen LogP contribution in [0.4, 0.5) is 0 Å². The van der Waals surface area contributed by atoms with Crippen LogP contribution in [0.3, 0.4) is 0 Å². The number of hydrogen-bond donors (Lipinski definition) is 2. The zero-order valence-electron chi connectivity index (χ0n) is 15.2. The molecule has 146 valence electrons. The normalized spacial score (nSPS) is 30.3. The number of oxazole rings is 1. The number of fused-ring (bicyclic) bond motifs is 1. The Bertz CT molecular complexity index is 794. The third-order valence-electron chi connectivity index (χ3n) is 5.68. The molecule has 5 atom stereocenters. The van der Waals surface area contributed by atoms with Crippen LogP contribution in [-0.2, 0) is 11.3 Å². The number of aliphatic hydroxyl groups excluding tert-OH is 2. The predicted molar refractivity (Wildman–Crippen MR) is 98.6 cm³/mol. The smallest absolute Gasteiger partial charge is 0.223 e. The van der Waals surface area contributed by atoms with Crippen molar-refractivity contribution in [3.63, 3.8) is 0 Å². The summed E-state index contributed by atoms with van der Waals surface area (Å²) in [6.07, 6.45) is 3.01. The molecule has 2 N–H and O–H groups in total. The summed E-state index contributed by atoms with van der Waals surface area (Å²) in [7, 11) is 0. The summed E-state index contributed by atoms with van der Waals surface area (Å²) in [6, 6.07) is 5.59. The molecule has 1 saturated carbocycles. The molecule has 0 unspecified atom stereocenters. The van der Waals surface area contributed by atoms with Gasteiger partial charge < -0.3 is 24.1 Å². The molecule has 0 amide bonds. The topological polar surface area (TPSA) is 85.0 Å². The van der Waals surface area contributed by atoms with Gasteiger partial charge in [0.25, 0.3) is 0 Å². The molecule has 4 rings (SSSR count). The van der Waals surface area contributed by atoms with Crippen molar-refractivity contribution in [3.8, 4) is 5.75 Å². The van der Waals surface area contributed by atoms with Gasteiger partial charge in [-0.2, -0.15) is 0 Å². The fourth-order valence-corrected chi connectivity index (χ4v) is 4.30. The van der Waals surface area contributed by atoms with Gasteiger partial charge in [0.2, 0.25) is 5.89 Å². The molecule has 1 saturated heterocycles. The minimum atomic E-state index is -0.454. The second kappa shape index (κ2) is 7.80. The number of halogens is 1. The Labute approximate surface area is 163 Å². The number of benzene rings is 1. The molecule has 0 bridgehead atoms. The first-order valence-corrected chi connectivity index (χ1v) is 9.70. The maximum absolute atomic E-state index is 10.5. The van der Waals surface area contributed by atoms with Gasteiger partial charge in [-0.15, -0.1) is 0 Å². The zero-order valence-corrected chi connectivity index (χ0v) is 15.9. The van der Waals surface area contributed by atoms with Gasteiger partial charge in [0.1, 0.15) is 23.8 Å². The van der Waals surface area contributed by atoms with E-state index in [1.807, 2.05) is 25.1 Å². The molecule has 7 heteroatoms. The molecular weight excluding hydrogens is 370 g/mol. The monoisotopic (exact) mass is 393 g/mol. The first kappa shape index (κ1) is 18.7. The second-order valence-electron chi connectivity index (χ2n) is 7.43. The largest absolute Gasteiger partial charge is 0.493 e. The van der Waals surface area contributed by atoms with Gasteiger partial charge in [0, 0.05) is 17.4 Å². The van der Waals surface area contributed by atoms with Crippen molar-refractivity contribution in [2.24, 2.45) is 11.8 Å². The summed E-state index contributed by atoms with van der Waals surface area (Å²) in [4.78, 5) is 4.26. The van der Waals surface area contributed by atoms with E-state index in [-0.39, 0.29) is 30.7 Å². The lowest BCUT2D eigenvalue weighted by Crippen LogP contribution is -2.33. The summed E-state index contributed by atoms with van der Waals surface area (Å²) < 4.78 is 17.5. The van der Waals surface area contributed by atoms with Gasteiger partial charge in [-0.25, -0.2) is 4.98 Å².